The second-order valence-electron chi connectivity index (χ2n) is 5.76. The Bertz CT molecular complexity index is 905. The van der Waals surface area contributed by atoms with Crippen LogP contribution in [0, 0.1) is 0 Å². The van der Waals surface area contributed by atoms with Gasteiger partial charge in [0.25, 0.3) is 0 Å². The molecule has 0 aliphatic heterocycles. The molecule has 26 heavy (non-hydrogen) atoms. The Balaban J connectivity index is 2.21. The minimum atomic E-state index is -4.05. The Morgan fingerprint density at radius 3 is 2.62 bits per heavy atom. The van der Waals surface area contributed by atoms with E-state index in [9.17, 15) is 18.3 Å². The summed E-state index contributed by atoms with van der Waals surface area (Å²) in [6, 6.07) is 5.04. The van der Waals surface area contributed by atoms with Crippen LogP contribution in [0.25, 0.3) is 0 Å². The zero-order valence-electron chi connectivity index (χ0n) is 14.9. The van der Waals surface area contributed by atoms with Gasteiger partial charge in [-0.2, -0.15) is 5.10 Å². The molecular formula is C16H21N3O6S. The van der Waals surface area contributed by atoms with Crippen LogP contribution < -0.4 is 14.2 Å². The van der Waals surface area contributed by atoms with E-state index in [1.165, 1.54) is 14.2 Å². The first-order chi connectivity index (χ1) is 12.2. The van der Waals surface area contributed by atoms with Gasteiger partial charge in [0, 0.05) is 13.6 Å². The van der Waals surface area contributed by atoms with Crippen molar-refractivity contribution in [2.75, 3.05) is 7.11 Å². The Labute approximate surface area is 151 Å². The first kappa shape index (κ1) is 19.7. The van der Waals surface area contributed by atoms with E-state index in [-0.39, 0.29) is 17.5 Å². The van der Waals surface area contributed by atoms with E-state index in [1.54, 1.807) is 18.2 Å². The molecule has 1 aromatic carbocycles. The molecule has 2 N–H and O–H groups in total. The Morgan fingerprint density at radius 2 is 2.04 bits per heavy atom. The molecule has 0 saturated carbocycles. The SMILES string of the molecule is COc1cc(CNS(=O)(=O)c2cnn(C)c2C(=O)O)ccc1OC(C)C. The van der Waals surface area contributed by atoms with E-state index >= 15 is 0 Å². The van der Waals surface area contributed by atoms with Gasteiger partial charge in [0.1, 0.15) is 4.90 Å². The van der Waals surface area contributed by atoms with Gasteiger partial charge in [-0.25, -0.2) is 17.9 Å². The van der Waals surface area contributed by atoms with Gasteiger partial charge < -0.3 is 14.6 Å². The maximum Gasteiger partial charge on any atom is 0.355 e. The van der Waals surface area contributed by atoms with Crippen molar-refractivity contribution in [1.29, 1.82) is 0 Å². The molecule has 0 unspecified atom stereocenters. The highest BCUT2D eigenvalue weighted by Gasteiger charge is 2.26. The molecule has 0 aliphatic rings. The molecule has 0 fully saturated rings. The Kier molecular flexibility index (Phi) is 5.88. The Hall–Kier alpha value is -2.59. The molecule has 0 amide bonds. The predicted octanol–water partition coefficient (Wildman–Crippen LogP) is 1.39. The molecule has 9 nitrogen and oxygen atoms in total. The van der Waals surface area contributed by atoms with E-state index in [0.717, 1.165) is 10.9 Å². The number of sulfonamides is 1. The molecule has 0 aliphatic carbocycles. The summed E-state index contributed by atoms with van der Waals surface area (Å²) in [5.74, 6) is -0.347. The minimum absolute atomic E-state index is 0.0340. The van der Waals surface area contributed by atoms with Crippen molar-refractivity contribution in [2.24, 2.45) is 7.05 Å². The van der Waals surface area contributed by atoms with E-state index in [0.29, 0.717) is 17.1 Å². The number of rotatable bonds is 8. The quantitative estimate of drug-likeness (QED) is 0.707. The summed E-state index contributed by atoms with van der Waals surface area (Å²) in [6.45, 7) is 3.72. The summed E-state index contributed by atoms with van der Waals surface area (Å²) < 4.78 is 39.1. The average molecular weight is 383 g/mol. The second-order valence-corrected chi connectivity index (χ2v) is 7.50. The number of carbonyl (C=O) groups is 1. The summed E-state index contributed by atoms with van der Waals surface area (Å²) >= 11 is 0. The van der Waals surface area contributed by atoms with Crippen LogP contribution in [0.15, 0.2) is 29.3 Å². The third-order valence-corrected chi connectivity index (χ3v) is 4.86. The van der Waals surface area contributed by atoms with Crippen LogP contribution in [-0.4, -0.2) is 42.5 Å². The zero-order chi connectivity index (χ0) is 19.5. The highest BCUT2D eigenvalue weighted by atomic mass is 32.2. The number of aryl methyl sites for hydroxylation is 1. The van der Waals surface area contributed by atoms with Crippen LogP contribution in [0.3, 0.4) is 0 Å². The number of aromatic nitrogens is 2. The number of hydrogen-bond donors (Lipinski definition) is 2. The van der Waals surface area contributed by atoms with Gasteiger partial charge in [-0.3, -0.25) is 4.68 Å². The van der Waals surface area contributed by atoms with Crippen molar-refractivity contribution >= 4 is 16.0 Å². The van der Waals surface area contributed by atoms with Crippen LogP contribution in [0.4, 0.5) is 0 Å². The van der Waals surface area contributed by atoms with Crippen molar-refractivity contribution in [1.82, 2.24) is 14.5 Å². The first-order valence-corrected chi connectivity index (χ1v) is 9.22. The number of carboxylic acid groups (broad SMARTS) is 1. The van der Waals surface area contributed by atoms with Gasteiger partial charge in [-0.05, 0) is 31.5 Å². The zero-order valence-corrected chi connectivity index (χ0v) is 15.7. The normalized spacial score (nSPS) is 11.6. The summed E-state index contributed by atoms with van der Waals surface area (Å²) in [5.41, 5.74) is 0.220. The van der Waals surface area contributed by atoms with E-state index in [2.05, 4.69) is 9.82 Å². The highest BCUT2D eigenvalue weighted by molar-refractivity contribution is 7.89. The van der Waals surface area contributed by atoms with Gasteiger partial charge >= 0.3 is 5.97 Å². The number of aromatic carboxylic acids is 1. The molecule has 0 spiro atoms. The number of benzene rings is 1. The summed E-state index contributed by atoms with van der Waals surface area (Å²) in [7, 11) is -1.20. The molecule has 1 heterocycles. The molecule has 1 aromatic heterocycles. The van der Waals surface area contributed by atoms with Crippen LogP contribution in [0.2, 0.25) is 0 Å². The maximum absolute atomic E-state index is 12.4. The fourth-order valence-corrected chi connectivity index (χ4v) is 3.46. The monoisotopic (exact) mass is 383 g/mol. The predicted molar refractivity (Wildman–Crippen MR) is 93.0 cm³/mol. The van der Waals surface area contributed by atoms with Gasteiger partial charge in [0.15, 0.2) is 17.2 Å². The number of hydrogen-bond acceptors (Lipinski definition) is 6. The summed E-state index contributed by atoms with van der Waals surface area (Å²) in [6.07, 6.45) is 0.972. The average Bonchev–Trinajstić information content (AvgIpc) is 2.96. The lowest BCUT2D eigenvalue weighted by molar-refractivity contribution is 0.0680. The number of methoxy groups -OCH3 is 1. The fourth-order valence-electron chi connectivity index (χ4n) is 2.29. The minimum Gasteiger partial charge on any atom is -0.493 e. The van der Waals surface area contributed by atoms with E-state index in [4.69, 9.17) is 9.47 Å². The molecule has 2 aromatic rings. The number of ether oxygens (including phenoxy) is 2. The molecular weight excluding hydrogens is 362 g/mol. The number of nitrogens with zero attached hydrogens (tertiary/aromatic N) is 2. The standard InChI is InChI=1S/C16H21N3O6S/c1-10(2)25-12-6-5-11(7-13(12)24-4)8-18-26(22,23)14-9-17-19(3)15(14)16(20)21/h5-7,9-10,18H,8H2,1-4H3,(H,20,21). The van der Waals surface area contributed by atoms with Crippen molar-refractivity contribution in [3.63, 3.8) is 0 Å². The lowest BCUT2D eigenvalue weighted by Crippen LogP contribution is -2.25. The molecule has 142 valence electrons. The number of carboxylic acids is 1. The molecule has 0 bridgehead atoms. The molecule has 0 atom stereocenters. The van der Waals surface area contributed by atoms with E-state index < -0.39 is 21.7 Å². The van der Waals surface area contributed by atoms with Crippen molar-refractivity contribution in [3.05, 3.63) is 35.7 Å². The first-order valence-electron chi connectivity index (χ1n) is 7.74. The van der Waals surface area contributed by atoms with Gasteiger partial charge in [0.05, 0.1) is 19.4 Å². The molecule has 0 radical (unpaired) electrons. The second kappa shape index (κ2) is 7.75. The smallest absolute Gasteiger partial charge is 0.355 e. The topological polar surface area (TPSA) is 120 Å². The molecule has 10 heteroatoms. The van der Waals surface area contributed by atoms with Crippen LogP contribution in [0.1, 0.15) is 29.9 Å². The molecule has 2 rings (SSSR count). The van der Waals surface area contributed by atoms with Crippen LogP contribution in [-0.2, 0) is 23.6 Å². The largest absolute Gasteiger partial charge is 0.493 e. The molecule has 0 saturated heterocycles. The van der Waals surface area contributed by atoms with Gasteiger partial charge in [-0.1, -0.05) is 6.07 Å². The fraction of sp³-hybridized carbons (Fsp3) is 0.375. The highest BCUT2D eigenvalue weighted by Crippen LogP contribution is 2.29. The summed E-state index contributed by atoms with van der Waals surface area (Å²) in [4.78, 5) is 10.9. The van der Waals surface area contributed by atoms with E-state index in [1.807, 2.05) is 13.8 Å². The van der Waals surface area contributed by atoms with Crippen molar-refractivity contribution in [3.8, 4) is 11.5 Å². The summed E-state index contributed by atoms with van der Waals surface area (Å²) in [5, 5.41) is 12.9. The maximum atomic E-state index is 12.4. The lowest BCUT2D eigenvalue weighted by atomic mass is 10.2. The third kappa shape index (κ3) is 4.33. The van der Waals surface area contributed by atoms with Crippen LogP contribution >= 0.6 is 0 Å². The van der Waals surface area contributed by atoms with Crippen LogP contribution in [0.5, 0.6) is 11.5 Å². The van der Waals surface area contributed by atoms with Crippen molar-refractivity contribution < 1.29 is 27.8 Å². The Morgan fingerprint density at radius 1 is 1.35 bits per heavy atom. The lowest BCUT2D eigenvalue weighted by Gasteiger charge is -2.14. The third-order valence-electron chi connectivity index (χ3n) is 3.45. The van der Waals surface area contributed by atoms with Gasteiger partial charge in [-0.15, -0.1) is 0 Å². The van der Waals surface area contributed by atoms with Gasteiger partial charge in [0.2, 0.25) is 10.0 Å². The number of nitrogens with one attached hydrogen (secondary N) is 1. The van der Waals surface area contributed by atoms with Crippen molar-refractivity contribution in [2.45, 2.75) is 31.4 Å².